The van der Waals surface area contributed by atoms with E-state index in [2.05, 4.69) is 53.8 Å². The maximum absolute atomic E-state index is 3.79. The van der Waals surface area contributed by atoms with Crippen molar-refractivity contribution in [2.75, 3.05) is 13.1 Å². The molecule has 1 unspecified atom stereocenters. The normalized spacial score (nSPS) is 28.9. The third-order valence-corrected chi connectivity index (χ3v) is 6.00. The van der Waals surface area contributed by atoms with Crippen molar-refractivity contribution in [2.45, 2.75) is 87.0 Å². The lowest BCUT2D eigenvalue weighted by molar-refractivity contribution is 0.0409. The van der Waals surface area contributed by atoms with Gasteiger partial charge in [-0.2, -0.15) is 0 Å². The minimum Gasteiger partial charge on any atom is -0.316 e. The molecule has 1 atom stereocenters. The topological polar surface area (TPSA) is 12.0 Å². The zero-order valence-electron chi connectivity index (χ0n) is 15.9. The Morgan fingerprint density at radius 1 is 1.10 bits per heavy atom. The van der Waals surface area contributed by atoms with Gasteiger partial charge in [-0.3, -0.25) is 0 Å². The summed E-state index contributed by atoms with van der Waals surface area (Å²) in [6, 6.07) is 0. The van der Waals surface area contributed by atoms with Gasteiger partial charge < -0.3 is 5.32 Å². The highest BCUT2D eigenvalue weighted by Gasteiger charge is 2.41. The monoisotopic (exact) mass is 295 g/mol. The summed E-state index contributed by atoms with van der Waals surface area (Å²) in [7, 11) is 0. The summed E-state index contributed by atoms with van der Waals surface area (Å²) in [6.45, 7) is 19.2. The van der Waals surface area contributed by atoms with Gasteiger partial charge in [-0.05, 0) is 60.8 Å². The Kier molecular flexibility index (Phi) is 7.24. The van der Waals surface area contributed by atoms with E-state index >= 15 is 0 Å². The van der Waals surface area contributed by atoms with Crippen LogP contribution in [0, 0.1) is 28.6 Å². The van der Waals surface area contributed by atoms with Gasteiger partial charge in [0.2, 0.25) is 0 Å². The van der Waals surface area contributed by atoms with Gasteiger partial charge in [-0.15, -0.1) is 0 Å². The summed E-state index contributed by atoms with van der Waals surface area (Å²) in [5.74, 6) is 2.54. The Labute approximate surface area is 134 Å². The van der Waals surface area contributed by atoms with Crippen LogP contribution in [0.4, 0.5) is 0 Å². The lowest BCUT2D eigenvalue weighted by Gasteiger charge is -2.48. The molecule has 0 aromatic heterocycles. The van der Waals surface area contributed by atoms with Gasteiger partial charge in [0.1, 0.15) is 0 Å². The van der Waals surface area contributed by atoms with E-state index in [0.29, 0.717) is 10.8 Å². The number of rotatable bonds is 7. The van der Waals surface area contributed by atoms with E-state index in [4.69, 9.17) is 0 Å². The molecule has 0 amide bonds. The van der Waals surface area contributed by atoms with Crippen molar-refractivity contribution in [1.82, 2.24) is 5.32 Å². The van der Waals surface area contributed by atoms with Gasteiger partial charge in [0.25, 0.3) is 0 Å². The molecular weight excluding hydrogens is 254 g/mol. The predicted octanol–water partition coefficient (Wildman–Crippen LogP) is 5.89. The standard InChI is InChI=1S/C20H41N/c1-8-9-17(4)20(15-21-14-16(2)3)12-10-18(11-13-20)19(5,6)7/h16-18,21H,8-15H2,1-7H3. The Bertz CT molecular complexity index is 279. The Balaban J connectivity index is 2.67. The summed E-state index contributed by atoms with van der Waals surface area (Å²) in [6.07, 6.45) is 8.45. The fourth-order valence-electron chi connectivity index (χ4n) is 4.25. The SMILES string of the molecule is CCCC(C)C1(CNCC(C)C)CCC(C(C)(C)C)CC1. The van der Waals surface area contributed by atoms with Crippen LogP contribution in [0.2, 0.25) is 0 Å². The molecule has 1 aliphatic rings. The first kappa shape index (κ1) is 19.0. The molecule has 1 heteroatoms. The summed E-state index contributed by atoms with van der Waals surface area (Å²) < 4.78 is 0. The molecule has 1 saturated carbocycles. The zero-order valence-corrected chi connectivity index (χ0v) is 15.9. The minimum atomic E-state index is 0.492. The van der Waals surface area contributed by atoms with E-state index < -0.39 is 0 Å². The van der Waals surface area contributed by atoms with E-state index in [-0.39, 0.29) is 0 Å². The molecule has 126 valence electrons. The van der Waals surface area contributed by atoms with Crippen molar-refractivity contribution in [3.8, 4) is 0 Å². The molecule has 0 spiro atoms. The third kappa shape index (κ3) is 5.58. The molecule has 0 aromatic carbocycles. The minimum absolute atomic E-state index is 0.492. The molecule has 1 N–H and O–H groups in total. The largest absolute Gasteiger partial charge is 0.316 e. The lowest BCUT2D eigenvalue weighted by atomic mass is 9.59. The van der Waals surface area contributed by atoms with Gasteiger partial charge in [-0.1, -0.05) is 61.3 Å². The van der Waals surface area contributed by atoms with Gasteiger partial charge in [0.15, 0.2) is 0 Å². The lowest BCUT2D eigenvalue weighted by Crippen LogP contribution is -2.44. The van der Waals surface area contributed by atoms with Gasteiger partial charge in [0, 0.05) is 6.54 Å². The molecule has 0 aromatic rings. The average Bonchev–Trinajstić information content (AvgIpc) is 2.38. The fraction of sp³-hybridized carbons (Fsp3) is 1.00. The fourth-order valence-corrected chi connectivity index (χ4v) is 4.25. The molecule has 0 aliphatic heterocycles. The van der Waals surface area contributed by atoms with E-state index in [0.717, 1.165) is 17.8 Å². The molecule has 0 bridgehead atoms. The van der Waals surface area contributed by atoms with Gasteiger partial charge in [-0.25, -0.2) is 0 Å². The number of nitrogens with one attached hydrogen (secondary N) is 1. The van der Waals surface area contributed by atoms with Crippen LogP contribution in [-0.2, 0) is 0 Å². The molecule has 0 saturated heterocycles. The third-order valence-electron chi connectivity index (χ3n) is 6.00. The van der Waals surface area contributed by atoms with Crippen LogP contribution >= 0.6 is 0 Å². The van der Waals surface area contributed by atoms with Crippen molar-refractivity contribution in [2.24, 2.45) is 28.6 Å². The van der Waals surface area contributed by atoms with Crippen molar-refractivity contribution in [3.63, 3.8) is 0 Å². The van der Waals surface area contributed by atoms with Crippen LogP contribution in [-0.4, -0.2) is 13.1 Å². The zero-order chi connectivity index (χ0) is 16.1. The molecule has 1 nitrogen and oxygen atoms in total. The van der Waals surface area contributed by atoms with Crippen molar-refractivity contribution >= 4 is 0 Å². The molecule has 0 radical (unpaired) electrons. The highest BCUT2D eigenvalue weighted by Crippen LogP contribution is 2.49. The molecular formula is C20H41N. The van der Waals surface area contributed by atoms with Gasteiger partial charge >= 0.3 is 0 Å². The van der Waals surface area contributed by atoms with E-state index in [1.807, 2.05) is 0 Å². The van der Waals surface area contributed by atoms with E-state index in [1.54, 1.807) is 0 Å². The highest BCUT2D eigenvalue weighted by atomic mass is 14.9. The van der Waals surface area contributed by atoms with E-state index in [1.165, 1.54) is 51.6 Å². The first-order chi connectivity index (χ1) is 9.71. The maximum atomic E-state index is 3.79. The first-order valence-corrected chi connectivity index (χ1v) is 9.42. The smallest absolute Gasteiger partial charge is 0.00105 e. The average molecular weight is 296 g/mol. The molecule has 1 fully saturated rings. The second-order valence-electron chi connectivity index (χ2n) is 9.22. The maximum Gasteiger partial charge on any atom is 0.00105 e. The van der Waals surface area contributed by atoms with Gasteiger partial charge in [0.05, 0.1) is 0 Å². The number of hydrogen-bond acceptors (Lipinski definition) is 1. The van der Waals surface area contributed by atoms with Crippen molar-refractivity contribution in [3.05, 3.63) is 0 Å². The van der Waals surface area contributed by atoms with Crippen molar-refractivity contribution < 1.29 is 0 Å². The summed E-state index contributed by atoms with van der Waals surface area (Å²) in [4.78, 5) is 0. The Hall–Kier alpha value is -0.0400. The van der Waals surface area contributed by atoms with Crippen LogP contribution in [0.3, 0.4) is 0 Å². The second kappa shape index (κ2) is 7.99. The van der Waals surface area contributed by atoms with E-state index in [9.17, 15) is 0 Å². The van der Waals surface area contributed by atoms with Crippen LogP contribution in [0.25, 0.3) is 0 Å². The predicted molar refractivity (Wildman–Crippen MR) is 95.6 cm³/mol. The summed E-state index contributed by atoms with van der Waals surface area (Å²) >= 11 is 0. The molecule has 21 heavy (non-hydrogen) atoms. The first-order valence-electron chi connectivity index (χ1n) is 9.42. The number of hydrogen-bond donors (Lipinski definition) is 1. The summed E-state index contributed by atoms with van der Waals surface area (Å²) in [5, 5.41) is 3.79. The Morgan fingerprint density at radius 3 is 2.10 bits per heavy atom. The summed E-state index contributed by atoms with van der Waals surface area (Å²) in [5.41, 5.74) is 1.05. The molecule has 1 rings (SSSR count). The van der Waals surface area contributed by atoms with Crippen LogP contribution in [0.15, 0.2) is 0 Å². The Morgan fingerprint density at radius 2 is 1.67 bits per heavy atom. The molecule has 1 aliphatic carbocycles. The highest BCUT2D eigenvalue weighted by molar-refractivity contribution is 4.93. The quantitative estimate of drug-likeness (QED) is 0.617. The second-order valence-corrected chi connectivity index (χ2v) is 9.22. The van der Waals surface area contributed by atoms with Crippen LogP contribution in [0.5, 0.6) is 0 Å². The van der Waals surface area contributed by atoms with Crippen LogP contribution in [0.1, 0.15) is 87.0 Å². The van der Waals surface area contributed by atoms with Crippen LogP contribution < -0.4 is 5.32 Å². The van der Waals surface area contributed by atoms with Crippen molar-refractivity contribution in [1.29, 1.82) is 0 Å². The molecule has 0 heterocycles.